The zero-order valence-electron chi connectivity index (χ0n) is 5.20. The van der Waals surface area contributed by atoms with Crippen LogP contribution >= 0.6 is 0 Å². The van der Waals surface area contributed by atoms with Gasteiger partial charge in [0.2, 0.25) is 0 Å². The third-order valence-corrected chi connectivity index (χ3v) is 1.39. The molecule has 0 saturated carbocycles. The fraction of sp³-hybridized carbons (Fsp3) is 0.800. The van der Waals surface area contributed by atoms with E-state index in [1.807, 2.05) is 0 Å². The molecule has 1 heterocycles. The summed E-state index contributed by atoms with van der Waals surface area (Å²) in [4.78, 5) is 11.9. The second kappa shape index (κ2) is 2.33. The highest BCUT2D eigenvalue weighted by molar-refractivity contribution is 5.73. The Kier molecular flexibility index (Phi) is 1.68. The molecule has 0 aromatic rings. The lowest BCUT2D eigenvalue weighted by atomic mass is 10.3. The first kappa shape index (κ1) is 6.51. The highest BCUT2D eigenvalue weighted by Gasteiger charge is 2.27. The fourth-order valence-corrected chi connectivity index (χ4v) is 0.785. The van der Waals surface area contributed by atoms with Gasteiger partial charge in [-0.15, -0.1) is 0 Å². The zero-order chi connectivity index (χ0) is 6.85. The van der Waals surface area contributed by atoms with Crippen molar-refractivity contribution in [3.05, 3.63) is 0 Å². The Balaban J connectivity index is 2.49. The molecule has 1 fully saturated rings. The van der Waals surface area contributed by atoms with Crippen LogP contribution in [-0.2, 0) is 9.53 Å². The highest BCUT2D eigenvalue weighted by atomic mass is 16.5. The van der Waals surface area contributed by atoms with Gasteiger partial charge in [-0.25, -0.2) is 0 Å². The van der Waals surface area contributed by atoms with Crippen LogP contribution in [0, 0.1) is 0 Å². The number of rotatable bonds is 1. The third-order valence-electron chi connectivity index (χ3n) is 1.39. The van der Waals surface area contributed by atoms with Crippen molar-refractivity contribution in [3.63, 3.8) is 0 Å². The molecule has 1 N–H and O–H groups in total. The summed E-state index contributed by atoms with van der Waals surface area (Å²) in [6.07, 6.45) is 0. The minimum Gasteiger partial charge on any atom is -0.480 e. The van der Waals surface area contributed by atoms with E-state index in [-0.39, 0.29) is 0 Å². The molecule has 0 aromatic carbocycles. The summed E-state index contributed by atoms with van der Waals surface area (Å²) in [6, 6.07) is -0.440. The van der Waals surface area contributed by atoms with Gasteiger partial charge in [0.1, 0.15) is 6.04 Å². The number of hydrogen-bond acceptors (Lipinski definition) is 3. The molecule has 52 valence electrons. The first-order valence-electron chi connectivity index (χ1n) is 2.72. The lowest BCUT2D eigenvalue weighted by Crippen LogP contribution is -2.34. The van der Waals surface area contributed by atoms with Crippen molar-refractivity contribution in [1.82, 2.24) is 4.90 Å². The molecule has 0 amide bonds. The maximum absolute atomic E-state index is 10.3. The molecular formula is C5H9NO3. The maximum Gasteiger partial charge on any atom is 0.323 e. The van der Waals surface area contributed by atoms with E-state index in [9.17, 15) is 4.79 Å². The van der Waals surface area contributed by atoms with Crippen LogP contribution in [0.4, 0.5) is 0 Å². The minimum atomic E-state index is -0.810. The normalized spacial score (nSPS) is 28.8. The van der Waals surface area contributed by atoms with Crippen molar-refractivity contribution in [1.29, 1.82) is 0 Å². The summed E-state index contributed by atoms with van der Waals surface area (Å²) in [6.45, 7) is 0.739. The summed E-state index contributed by atoms with van der Waals surface area (Å²) in [7, 11) is 1.73. The number of carbonyl (C=O) groups is 1. The average molecular weight is 131 g/mol. The standard InChI is InChI=1S/C5H9NO3/c1-6-3-9-2-4(6)5(7)8/h4H,2-3H2,1H3,(H,7,8). The largest absolute Gasteiger partial charge is 0.480 e. The Bertz CT molecular complexity index is 125. The van der Waals surface area contributed by atoms with Gasteiger partial charge >= 0.3 is 5.97 Å². The van der Waals surface area contributed by atoms with Crippen LogP contribution in [0.15, 0.2) is 0 Å². The Morgan fingerprint density at radius 2 is 2.56 bits per heavy atom. The number of carboxylic acid groups (broad SMARTS) is 1. The summed E-state index contributed by atoms with van der Waals surface area (Å²) in [5.74, 6) is -0.810. The van der Waals surface area contributed by atoms with Gasteiger partial charge in [0.25, 0.3) is 0 Å². The molecule has 1 saturated heterocycles. The van der Waals surface area contributed by atoms with Crippen molar-refractivity contribution in [2.45, 2.75) is 6.04 Å². The summed E-state index contributed by atoms with van der Waals surface area (Å²) in [5, 5.41) is 8.46. The predicted molar refractivity (Wildman–Crippen MR) is 30.0 cm³/mol. The molecule has 9 heavy (non-hydrogen) atoms. The van der Waals surface area contributed by atoms with E-state index in [0.29, 0.717) is 13.3 Å². The van der Waals surface area contributed by atoms with Crippen molar-refractivity contribution in [2.24, 2.45) is 0 Å². The summed E-state index contributed by atoms with van der Waals surface area (Å²) >= 11 is 0. The molecular weight excluding hydrogens is 122 g/mol. The third kappa shape index (κ3) is 1.20. The van der Waals surface area contributed by atoms with Gasteiger partial charge in [0.15, 0.2) is 0 Å². The van der Waals surface area contributed by atoms with Gasteiger partial charge in [0, 0.05) is 0 Å². The zero-order valence-corrected chi connectivity index (χ0v) is 5.20. The number of likely N-dealkylation sites (N-methyl/N-ethyl adjacent to an activating group) is 1. The van der Waals surface area contributed by atoms with Crippen LogP contribution < -0.4 is 0 Å². The number of aliphatic carboxylic acids is 1. The first-order valence-corrected chi connectivity index (χ1v) is 2.72. The topological polar surface area (TPSA) is 49.8 Å². The Hall–Kier alpha value is -0.610. The van der Waals surface area contributed by atoms with Gasteiger partial charge in [-0.05, 0) is 7.05 Å². The van der Waals surface area contributed by atoms with E-state index in [4.69, 9.17) is 9.84 Å². The molecule has 4 heteroatoms. The van der Waals surface area contributed by atoms with Gasteiger partial charge in [0.05, 0.1) is 13.3 Å². The van der Waals surface area contributed by atoms with Gasteiger partial charge in [-0.3, -0.25) is 9.69 Å². The first-order chi connectivity index (χ1) is 4.22. The van der Waals surface area contributed by atoms with Crippen molar-refractivity contribution >= 4 is 5.97 Å². The molecule has 1 aliphatic rings. The number of hydrogen-bond donors (Lipinski definition) is 1. The lowest BCUT2D eigenvalue weighted by molar-refractivity contribution is -0.141. The van der Waals surface area contributed by atoms with Gasteiger partial charge < -0.3 is 9.84 Å². The molecule has 0 bridgehead atoms. The quantitative estimate of drug-likeness (QED) is 0.514. The highest BCUT2D eigenvalue weighted by Crippen LogP contribution is 2.05. The molecule has 4 nitrogen and oxygen atoms in total. The molecule has 0 aromatic heterocycles. The van der Waals surface area contributed by atoms with Crippen LogP contribution in [0.1, 0.15) is 0 Å². The van der Waals surface area contributed by atoms with Crippen LogP contribution in [0.25, 0.3) is 0 Å². The van der Waals surface area contributed by atoms with Crippen molar-refractivity contribution in [2.75, 3.05) is 20.4 Å². The van der Waals surface area contributed by atoms with Crippen LogP contribution in [-0.4, -0.2) is 42.4 Å². The van der Waals surface area contributed by atoms with Crippen LogP contribution in [0.3, 0.4) is 0 Å². The second-order valence-corrected chi connectivity index (χ2v) is 2.11. The van der Waals surface area contributed by atoms with Crippen LogP contribution in [0.2, 0.25) is 0 Å². The number of carboxylic acids is 1. The Morgan fingerprint density at radius 3 is 2.78 bits per heavy atom. The number of nitrogens with zero attached hydrogens (tertiary/aromatic N) is 1. The Morgan fingerprint density at radius 1 is 1.89 bits per heavy atom. The second-order valence-electron chi connectivity index (χ2n) is 2.11. The van der Waals surface area contributed by atoms with E-state index in [2.05, 4.69) is 0 Å². The number of ether oxygens (including phenoxy) is 1. The van der Waals surface area contributed by atoms with E-state index in [1.54, 1.807) is 11.9 Å². The SMILES string of the molecule is CN1COCC1C(=O)O. The van der Waals surface area contributed by atoms with Crippen LogP contribution in [0.5, 0.6) is 0 Å². The van der Waals surface area contributed by atoms with Crippen molar-refractivity contribution in [3.8, 4) is 0 Å². The minimum absolute atomic E-state index is 0.311. The summed E-state index contributed by atoms with van der Waals surface area (Å²) in [5.41, 5.74) is 0. The van der Waals surface area contributed by atoms with Gasteiger partial charge in [-0.1, -0.05) is 0 Å². The smallest absolute Gasteiger partial charge is 0.323 e. The van der Waals surface area contributed by atoms with Gasteiger partial charge in [-0.2, -0.15) is 0 Å². The van der Waals surface area contributed by atoms with Crippen molar-refractivity contribution < 1.29 is 14.6 Å². The van der Waals surface area contributed by atoms with E-state index >= 15 is 0 Å². The average Bonchev–Trinajstić information content (AvgIpc) is 2.13. The fourth-order valence-electron chi connectivity index (χ4n) is 0.785. The molecule has 0 spiro atoms. The molecule has 0 radical (unpaired) electrons. The Labute approximate surface area is 53.0 Å². The monoisotopic (exact) mass is 131 g/mol. The van der Waals surface area contributed by atoms with E-state index in [0.717, 1.165) is 0 Å². The molecule has 1 atom stereocenters. The molecule has 0 aliphatic carbocycles. The molecule has 1 aliphatic heterocycles. The summed E-state index contributed by atoms with van der Waals surface area (Å²) < 4.78 is 4.88. The molecule has 1 rings (SSSR count). The molecule has 1 unspecified atom stereocenters. The predicted octanol–water partition coefficient (Wildman–Crippen LogP) is -0.641. The van der Waals surface area contributed by atoms with E-state index < -0.39 is 12.0 Å². The van der Waals surface area contributed by atoms with E-state index in [1.165, 1.54) is 0 Å². The lowest BCUT2D eigenvalue weighted by Gasteiger charge is -2.10. The maximum atomic E-state index is 10.3.